The molecule has 0 aromatic carbocycles. The van der Waals surface area contributed by atoms with Gasteiger partial charge in [-0.15, -0.1) is 0 Å². The van der Waals surface area contributed by atoms with Gasteiger partial charge in [0.2, 0.25) is 5.95 Å². The van der Waals surface area contributed by atoms with Gasteiger partial charge in [0, 0.05) is 18.8 Å². The van der Waals surface area contributed by atoms with Crippen LogP contribution in [0.1, 0.15) is 42.4 Å². The number of aromatic nitrogens is 2. The average molecular weight is 235 g/mol. The van der Waals surface area contributed by atoms with Crippen LogP contribution in [0, 0.1) is 0 Å². The molecule has 5 heteroatoms. The van der Waals surface area contributed by atoms with Crippen LogP contribution in [-0.2, 0) is 6.42 Å². The predicted octanol–water partition coefficient (Wildman–Crippen LogP) is 1.73. The van der Waals surface area contributed by atoms with Crippen molar-refractivity contribution in [2.75, 3.05) is 18.0 Å². The number of aryl methyl sites for hydroxylation is 1. The summed E-state index contributed by atoms with van der Waals surface area (Å²) in [6, 6.07) is 1.55. The fourth-order valence-corrected chi connectivity index (χ4v) is 2.01. The van der Waals surface area contributed by atoms with E-state index in [2.05, 4.69) is 14.9 Å². The summed E-state index contributed by atoms with van der Waals surface area (Å²) in [6.45, 7) is 3.81. The minimum atomic E-state index is -0.986. The molecule has 1 N–H and O–H groups in total. The van der Waals surface area contributed by atoms with Gasteiger partial charge in [0.1, 0.15) is 0 Å². The molecule has 92 valence electrons. The molecule has 0 amide bonds. The molecule has 2 rings (SSSR count). The lowest BCUT2D eigenvalue weighted by molar-refractivity contribution is 0.0690. The van der Waals surface area contributed by atoms with E-state index in [0.29, 0.717) is 5.95 Å². The molecule has 0 spiro atoms. The van der Waals surface area contributed by atoms with Crippen LogP contribution in [0.4, 0.5) is 5.95 Å². The smallest absolute Gasteiger partial charge is 0.354 e. The van der Waals surface area contributed by atoms with Gasteiger partial charge in [-0.2, -0.15) is 0 Å². The first-order valence-electron chi connectivity index (χ1n) is 6.07. The second-order valence-electron chi connectivity index (χ2n) is 4.25. The molecule has 5 nitrogen and oxygen atoms in total. The van der Waals surface area contributed by atoms with Crippen molar-refractivity contribution >= 4 is 11.9 Å². The Bertz CT molecular complexity index is 414. The lowest BCUT2D eigenvalue weighted by Crippen LogP contribution is -2.31. The Balaban J connectivity index is 2.31. The van der Waals surface area contributed by atoms with Crippen LogP contribution in [0.3, 0.4) is 0 Å². The first-order chi connectivity index (χ1) is 8.20. The second-order valence-corrected chi connectivity index (χ2v) is 4.25. The summed E-state index contributed by atoms with van der Waals surface area (Å²) in [6.07, 6.45) is 4.21. The van der Waals surface area contributed by atoms with E-state index in [-0.39, 0.29) is 5.69 Å². The first-order valence-corrected chi connectivity index (χ1v) is 6.07. The van der Waals surface area contributed by atoms with Crippen LogP contribution < -0.4 is 4.90 Å². The molecular formula is C12H17N3O2. The minimum absolute atomic E-state index is 0.0948. The summed E-state index contributed by atoms with van der Waals surface area (Å²) in [4.78, 5) is 21.6. The largest absolute Gasteiger partial charge is 0.477 e. The van der Waals surface area contributed by atoms with E-state index in [1.807, 2.05) is 6.92 Å². The number of carboxylic acid groups (broad SMARTS) is 1. The zero-order valence-corrected chi connectivity index (χ0v) is 10.0. The van der Waals surface area contributed by atoms with Crippen LogP contribution in [0.5, 0.6) is 0 Å². The van der Waals surface area contributed by atoms with Crippen LogP contribution >= 0.6 is 0 Å². The fraction of sp³-hybridized carbons (Fsp3) is 0.583. The highest BCUT2D eigenvalue weighted by atomic mass is 16.4. The third-order valence-corrected chi connectivity index (χ3v) is 2.99. The van der Waals surface area contributed by atoms with Crippen molar-refractivity contribution in [3.8, 4) is 0 Å². The Morgan fingerprint density at radius 2 is 2.06 bits per heavy atom. The third-order valence-electron chi connectivity index (χ3n) is 2.99. The standard InChI is InChI=1S/C12H17N3O2/c1-2-9-8-10(11(16)17)14-12(13-9)15-6-4-3-5-7-15/h8H,2-7H2,1H3,(H,16,17). The van der Waals surface area contributed by atoms with Gasteiger partial charge in [-0.3, -0.25) is 0 Å². The summed E-state index contributed by atoms with van der Waals surface area (Å²) >= 11 is 0. The van der Waals surface area contributed by atoms with Crippen LogP contribution in [0.25, 0.3) is 0 Å². The minimum Gasteiger partial charge on any atom is -0.477 e. The molecule has 2 heterocycles. The highest BCUT2D eigenvalue weighted by Gasteiger charge is 2.16. The van der Waals surface area contributed by atoms with E-state index in [1.54, 1.807) is 6.07 Å². The molecule has 0 atom stereocenters. The van der Waals surface area contributed by atoms with Gasteiger partial charge < -0.3 is 10.0 Å². The van der Waals surface area contributed by atoms with Gasteiger partial charge >= 0.3 is 5.97 Å². The molecule has 1 fully saturated rings. The summed E-state index contributed by atoms with van der Waals surface area (Å²) in [5.41, 5.74) is 0.885. The van der Waals surface area contributed by atoms with E-state index >= 15 is 0 Å². The SMILES string of the molecule is CCc1cc(C(=O)O)nc(N2CCCCC2)n1. The molecule has 0 aliphatic carbocycles. The van der Waals surface area contributed by atoms with Gasteiger partial charge in [-0.1, -0.05) is 6.92 Å². The van der Waals surface area contributed by atoms with Gasteiger partial charge in [0.25, 0.3) is 0 Å². The maximum Gasteiger partial charge on any atom is 0.354 e. The summed E-state index contributed by atoms with van der Waals surface area (Å²) in [5.74, 6) is -0.415. The predicted molar refractivity (Wildman–Crippen MR) is 64.4 cm³/mol. The van der Waals surface area contributed by atoms with Crippen molar-refractivity contribution in [1.82, 2.24) is 9.97 Å². The monoisotopic (exact) mass is 235 g/mol. The van der Waals surface area contributed by atoms with Gasteiger partial charge in [-0.25, -0.2) is 14.8 Å². The Morgan fingerprint density at radius 3 is 2.65 bits per heavy atom. The number of anilines is 1. The Labute approximate surface area is 100 Å². The molecule has 1 saturated heterocycles. The topological polar surface area (TPSA) is 66.3 Å². The molecule has 1 aliphatic rings. The quantitative estimate of drug-likeness (QED) is 0.864. The van der Waals surface area contributed by atoms with Crippen molar-refractivity contribution in [3.05, 3.63) is 17.5 Å². The number of nitrogens with zero attached hydrogens (tertiary/aromatic N) is 3. The van der Waals surface area contributed by atoms with Crippen molar-refractivity contribution in [2.45, 2.75) is 32.6 Å². The normalized spacial score (nSPS) is 15.9. The van der Waals surface area contributed by atoms with E-state index in [9.17, 15) is 4.79 Å². The molecule has 17 heavy (non-hydrogen) atoms. The molecule has 0 radical (unpaired) electrons. The summed E-state index contributed by atoms with van der Waals surface area (Å²) in [5, 5.41) is 9.02. The molecular weight excluding hydrogens is 218 g/mol. The van der Waals surface area contributed by atoms with Crippen molar-refractivity contribution in [1.29, 1.82) is 0 Å². The van der Waals surface area contributed by atoms with Crippen molar-refractivity contribution in [2.24, 2.45) is 0 Å². The van der Waals surface area contributed by atoms with Gasteiger partial charge in [-0.05, 0) is 31.7 Å². The molecule has 0 unspecified atom stereocenters. The van der Waals surface area contributed by atoms with E-state index in [0.717, 1.165) is 38.0 Å². The lowest BCUT2D eigenvalue weighted by atomic mass is 10.1. The molecule has 1 aromatic rings. The number of hydrogen-bond donors (Lipinski definition) is 1. The number of aromatic carboxylic acids is 1. The van der Waals surface area contributed by atoms with Gasteiger partial charge in [0.05, 0.1) is 0 Å². The van der Waals surface area contributed by atoms with Crippen molar-refractivity contribution in [3.63, 3.8) is 0 Å². The van der Waals surface area contributed by atoms with Crippen LogP contribution in [-0.4, -0.2) is 34.1 Å². The third kappa shape index (κ3) is 2.72. The summed E-state index contributed by atoms with van der Waals surface area (Å²) in [7, 11) is 0. The zero-order chi connectivity index (χ0) is 12.3. The lowest BCUT2D eigenvalue weighted by Gasteiger charge is -2.27. The fourth-order valence-electron chi connectivity index (χ4n) is 2.01. The Kier molecular flexibility index (Phi) is 3.56. The van der Waals surface area contributed by atoms with Gasteiger partial charge in [0.15, 0.2) is 5.69 Å². The van der Waals surface area contributed by atoms with Crippen molar-refractivity contribution < 1.29 is 9.90 Å². The maximum atomic E-state index is 11.0. The Morgan fingerprint density at radius 1 is 1.35 bits per heavy atom. The van der Waals surface area contributed by atoms with Crippen LogP contribution in [0.2, 0.25) is 0 Å². The number of carboxylic acids is 1. The molecule has 0 bridgehead atoms. The summed E-state index contributed by atoms with van der Waals surface area (Å²) < 4.78 is 0. The number of rotatable bonds is 3. The average Bonchev–Trinajstić information content (AvgIpc) is 2.39. The van der Waals surface area contributed by atoms with E-state index in [1.165, 1.54) is 6.42 Å². The number of piperidine rings is 1. The molecule has 0 saturated carbocycles. The number of carbonyl (C=O) groups is 1. The molecule has 1 aromatic heterocycles. The maximum absolute atomic E-state index is 11.0. The van der Waals surface area contributed by atoms with E-state index < -0.39 is 5.97 Å². The highest BCUT2D eigenvalue weighted by molar-refractivity contribution is 5.85. The number of hydrogen-bond acceptors (Lipinski definition) is 4. The molecule has 1 aliphatic heterocycles. The second kappa shape index (κ2) is 5.12. The van der Waals surface area contributed by atoms with E-state index in [4.69, 9.17) is 5.11 Å². The Hall–Kier alpha value is -1.65. The zero-order valence-electron chi connectivity index (χ0n) is 10.0. The van der Waals surface area contributed by atoms with Crippen LogP contribution in [0.15, 0.2) is 6.07 Å². The first kappa shape index (κ1) is 11.8. The highest BCUT2D eigenvalue weighted by Crippen LogP contribution is 2.17.